The third kappa shape index (κ3) is 2.99. The number of aromatic nitrogens is 4. The Balaban J connectivity index is 1.45. The highest BCUT2D eigenvalue weighted by Gasteiger charge is 2.47. The van der Waals surface area contributed by atoms with Gasteiger partial charge in [-0.1, -0.05) is 26.0 Å². The summed E-state index contributed by atoms with van der Waals surface area (Å²) >= 11 is 0. The summed E-state index contributed by atoms with van der Waals surface area (Å²) in [6.45, 7) is 5.24. The predicted octanol–water partition coefficient (Wildman–Crippen LogP) is 5.00. The van der Waals surface area contributed by atoms with Crippen molar-refractivity contribution in [1.82, 2.24) is 20.2 Å². The van der Waals surface area contributed by atoms with Gasteiger partial charge in [-0.15, -0.1) is 0 Å². The van der Waals surface area contributed by atoms with Crippen LogP contribution < -0.4 is 14.8 Å². The first-order valence-electron chi connectivity index (χ1n) is 11.1. The van der Waals surface area contributed by atoms with Crippen LogP contribution in [0.25, 0.3) is 22.5 Å². The molecule has 4 heterocycles. The summed E-state index contributed by atoms with van der Waals surface area (Å²) < 4.78 is 11.9. The quantitative estimate of drug-likeness (QED) is 0.468. The van der Waals surface area contributed by atoms with E-state index in [4.69, 9.17) is 9.47 Å². The molecular weight excluding hydrogens is 414 g/mol. The molecule has 0 fully saturated rings. The topological polar surface area (TPSA) is 85.0 Å². The van der Waals surface area contributed by atoms with Crippen molar-refractivity contribution in [2.45, 2.75) is 25.3 Å². The molecule has 0 bridgehead atoms. The SMILES string of the molecule is COc1cccc2c1[C@H]1Nc3ccc(-c4[nH]ncc4-c4cnccn4)cc3C(C)(C)[C@H]1CO2. The summed E-state index contributed by atoms with van der Waals surface area (Å²) in [5.74, 6) is 1.99. The Morgan fingerprint density at radius 1 is 1.12 bits per heavy atom. The zero-order valence-corrected chi connectivity index (χ0v) is 18.8. The Morgan fingerprint density at radius 3 is 2.85 bits per heavy atom. The van der Waals surface area contributed by atoms with Crippen LogP contribution in [0, 0.1) is 5.92 Å². The van der Waals surface area contributed by atoms with Gasteiger partial charge in [-0.25, -0.2) is 0 Å². The lowest BCUT2D eigenvalue weighted by atomic mass is 9.65. The molecule has 0 amide bonds. The molecule has 0 unspecified atom stereocenters. The van der Waals surface area contributed by atoms with E-state index < -0.39 is 0 Å². The van der Waals surface area contributed by atoms with E-state index in [1.165, 1.54) is 5.56 Å². The monoisotopic (exact) mass is 439 g/mol. The van der Waals surface area contributed by atoms with Crippen LogP contribution in [0.3, 0.4) is 0 Å². The maximum atomic E-state index is 6.21. The van der Waals surface area contributed by atoms with Gasteiger partial charge in [0.05, 0.1) is 49.1 Å². The molecule has 2 atom stereocenters. The molecule has 2 aliphatic heterocycles. The van der Waals surface area contributed by atoms with Crippen LogP contribution >= 0.6 is 0 Å². The van der Waals surface area contributed by atoms with Gasteiger partial charge in [-0.2, -0.15) is 5.10 Å². The van der Waals surface area contributed by atoms with Gasteiger partial charge < -0.3 is 14.8 Å². The molecule has 33 heavy (non-hydrogen) atoms. The van der Waals surface area contributed by atoms with E-state index in [2.05, 4.69) is 57.5 Å². The summed E-state index contributed by atoms with van der Waals surface area (Å²) in [5.41, 5.74) is 7.07. The van der Waals surface area contributed by atoms with E-state index in [-0.39, 0.29) is 17.4 Å². The van der Waals surface area contributed by atoms with Gasteiger partial charge in [0.15, 0.2) is 0 Å². The number of H-pyrrole nitrogens is 1. The number of nitrogens with one attached hydrogen (secondary N) is 2. The second kappa shape index (κ2) is 7.33. The van der Waals surface area contributed by atoms with E-state index in [1.807, 2.05) is 18.2 Å². The maximum absolute atomic E-state index is 6.21. The van der Waals surface area contributed by atoms with Crippen molar-refractivity contribution < 1.29 is 9.47 Å². The second-order valence-corrected chi connectivity index (χ2v) is 9.14. The van der Waals surface area contributed by atoms with E-state index >= 15 is 0 Å². The summed E-state index contributed by atoms with van der Waals surface area (Å²) in [7, 11) is 1.71. The Bertz CT molecular complexity index is 1320. The number of anilines is 1. The van der Waals surface area contributed by atoms with Crippen LogP contribution in [-0.4, -0.2) is 33.9 Å². The smallest absolute Gasteiger partial charge is 0.128 e. The van der Waals surface area contributed by atoms with Crippen LogP contribution in [0.1, 0.15) is 31.0 Å². The van der Waals surface area contributed by atoms with E-state index in [1.54, 1.807) is 31.9 Å². The van der Waals surface area contributed by atoms with Crippen molar-refractivity contribution >= 4 is 5.69 Å². The zero-order chi connectivity index (χ0) is 22.6. The van der Waals surface area contributed by atoms with Crippen molar-refractivity contribution in [2.75, 3.05) is 19.0 Å². The molecule has 0 spiro atoms. The van der Waals surface area contributed by atoms with Gasteiger partial charge in [0.25, 0.3) is 0 Å². The van der Waals surface area contributed by atoms with Gasteiger partial charge in [0, 0.05) is 40.5 Å². The fourth-order valence-electron chi connectivity index (χ4n) is 5.27. The number of aromatic amines is 1. The van der Waals surface area contributed by atoms with Gasteiger partial charge >= 0.3 is 0 Å². The largest absolute Gasteiger partial charge is 0.496 e. The fraction of sp³-hybridized carbons (Fsp3) is 0.269. The van der Waals surface area contributed by atoms with Crippen molar-refractivity contribution in [3.05, 3.63) is 72.3 Å². The predicted molar refractivity (Wildman–Crippen MR) is 126 cm³/mol. The van der Waals surface area contributed by atoms with Gasteiger partial charge in [-0.3, -0.25) is 15.1 Å². The highest BCUT2D eigenvalue weighted by molar-refractivity contribution is 5.80. The molecule has 2 aromatic heterocycles. The summed E-state index contributed by atoms with van der Waals surface area (Å²) in [6.07, 6.45) is 6.93. The maximum Gasteiger partial charge on any atom is 0.128 e. The zero-order valence-electron chi connectivity index (χ0n) is 18.8. The molecule has 7 nitrogen and oxygen atoms in total. The standard InChI is InChI=1S/C26H25N5O2/c1-26(2)17-11-15(24-16(12-29-31-24)20-13-27-9-10-28-20)7-8-19(17)30-25-18(26)14-33-22-6-4-5-21(32-3)23(22)25/h4-13,18,25,30H,14H2,1-3H3,(H,29,31)/t18-,25-/m0/s1. The van der Waals surface area contributed by atoms with Crippen LogP contribution in [0.4, 0.5) is 5.69 Å². The van der Waals surface area contributed by atoms with E-state index in [0.29, 0.717) is 6.61 Å². The average Bonchev–Trinajstić information content (AvgIpc) is 3.34. The minimum absolute atomic E-state index is 0.112. The third-order valence-corrected chi connectivity index (χ3v) is 7.10. The summed E-state index contributed by atoms with van der Waals surface area (Å²) in [4.78, 5) is 8.66. The number of benzene rings is 2. The van der Waals surface area contributed by atoms with Crippen molar-refractivity contribution in [3.63, 3.8) is 0 Å². The molecule has 4 aromatic rings. The first-order valence-corrected chi connectivity index (χ1v) is 11.1. The number of hydrogen-bond acceptors (Lipinski definition) is 6. The number of hydrogen-bond donors (Lipinski definition) is 2. The molecular formula is C26H25N5O2. The molecule has 166 valence electrons. The van der Waals surface area contributed by atoms with Crippen LogP contribution in [0.2, 0.25) is 0 Å². The number of fused-ring (bicyclic) bond motifs is 4. The number of nitrogens with zero attached hydrogens (tertiary/aromatic N) is 3. The van der Waals surface area contributed by atoms with Crippen molar-refractivity contribution in [1.29, 1.82) is 0 Å². The van der Waals surface area contributed by atoms with E-state index in [0.717, 1.165) is 45.3 Å². The number of ether oxygens (including phenoxy) is 2. The van der Waals surface area contributed by atoms with Crippen LogP contribution in [0.15, 0.2) is 61.2 Å². The Kier molecular flexibility index (Phi) is 4.40. The first kappa shape index (κ1) is 19.8. The first-order chi connectivity index (χ1) is 16.1. The van der Waals surface area contributed by atoms with Gasteiger partial charge in [0.1, 0.15) is 11.5 Å². The Hall–Kier alpha value is -3.87. The summed E-state index contributed by atoms with van der Waals surface area (Å²) in [5, 5.41) is 11.2. The second-order valence-electron chi connectivity index (χ2n) is 9.14. The highest BCUT2D eigenvalue weighted by atomic mass is 16.5. The van der Waals surface area contributed by atoms with Gasteiger partial charge in [-0.05, 0) is 29.8 Å². The van der Waals surface area contributed by atoms with Crippen LogP contribution in [-0.2, 0) is 5.41 Å². The average molecular weight is 440 g/mol. The number of rotatable bonds is 3. The lowest BCUT2D eigenvalue weighted by Crippen LogP contribution is -2.46. The van der Waals surface area contributed by atoms with Crippen molar-refractivity contribution in [3.8, 4) is 34.0 Å². The molecule has 7 heteroatoms. The molecule has 0 saturated carbocycles. The summed E-state index contributed by atoms with van der Waals surface area (Å²) in [6, 6.07) is 12.7. The lowest BCUT2D eigenvalue weighted by Gasteiger charge is -2.48. The normalized spacial score (nSPS) is 20.0. The molecule has 2 aromatic carbocycles. The molecule has 0 radical (unpaired) electrons. The molecule has 2 aliphatic rings. The molecule has 2 N–H and O–H groups in total. The number of methoxy groups -OCH3 is 1. The molecule has 6 rings (SSSR count). The van der Waals surface area contributed by atoms with Crippen molar-refractivity contribution in [2.24, 2.45) is 5.92 Å². The molecule has 0 aliphatic carbocycles. The third-order valence-electron chi connectivity index (χ3n) is 7.10. The minimum atomic E-state index is -0.132. The Labute approximate surface area is 192 Å². The minimum Gasteiger partial charge on any atom is -0.496 e. The lowest BCUT2D eigenvalue weighted by molar-refractivity contribution is 0.133. The fourth-order valence-corrected chi connectivity index (χ4v) is 5.27. The van der Waals surface area contributed by atoms with Gasteiger partial charge in [0.2, 0.25) is 0 Å². The Morgan fingerprint density at radius 2 is 2.03 bits per heavy atom. The highest BCUT2D eigenvalue weighted by Crippen LogP contribution is 2.54. The van der Waals surface area contributed by atoms with E-state index in [9.17, 15) is 0 Å². The van der Waals surface area contributed by atoms with Crippen LogP contribution in [0.5, 0.6) is 11.5 Å². The molecule has 0 saturated heterocycles.